The molecule has 2 aliphatic carbocycles. The molecular weight excluding hydrogens is 643 g/mol. The summed E-state index contributed by atoms with van der Waals surface area (Å²) in [6.07, 6.45) is 4.74. The Bertz CT molecular complexity index is 2390. The van der Waals surface area contributed by atoms with Gasteiger partial charge in [0.25, 0.3) is 6.71 Å². The zero-order valence-electron chi connectivity index (χ0n) is 34.9. The second-order valence-corrected chi connectivity index (χ2v) is 21.5. The number of aryl methyl sites for hydroxylation is 1. The van der Waals surface area contributed by atoms with Gasteiger partial charge in [0.2, 0.25) is 0 Å². The van der Waals surface area contributed by atoms with E-state index < -0.39 is 0 Å². The number of anilines is 3. The Labute approximate surface area is 319 Å². The van der Waals surface area contributed by atoms with Crippen LogP contribution in [0.5, 0.6) is 0 Å². The van der Waals surface area contributed by atoms with Gasteiger partial charge in [0.05, 0.1) is 5.66 Å². The van der Waals surface area contributed by atoms with E-state index in [0.29, 0.717) is 0 Å². The van der Waals surface area contributed by atoms with Crippen molar-refractivity contribution in [1.82, 2.24) is 4.98 Å². The molecule has 5 aromatic rings. The number of fused-ring (bicyclic) bond motifs is 8. The van der Waals surface area contributed by atoms with E-state index in [1.807, 2.05) is 0 Å². The minimum Gasteiger partial charge on any atom is -0.470 e. The number of pyridine rings is 1. The van der Waals surface area contributed by atoms with E-state index in [9.17, 15) is 0 Å². The number of nitrogens with zero attached hydrogens (tertiary/aromatic N) is 2. The van der Waals surface area contributed by atoms with Gasteiger partial charge in [-0.2, -0.15) is 0 Å². The maximum Gasteiger partial charge on any atom is 0.294 e. The number of rotatable bonds is 1. The zero-order valence-corrected chi connectivity index (χ0v) is 34.9. The van der Waals surface area contributed by atoms with Gasteiger partial charge < -0.3 is 4.42 Å². The third-order valence-electron chi connectivity index (χ3n) is 14.5. The lowest BCUT2D eigenvalue weighted by atomic mass is 9.32. The average Bonchev–Trinajstić information content (AvgIpc) is 3.46. The molecule has 0 spiro atoms. The Hall–Kier alpha value is -3.79. The van der Waals surface area contributed by atoms with Crippen LogP contribution in [-0.2, 0) is 32.5 Å². The summed E-state index contributed by atoms with van der Waals surface area (Å²) in [5.41, 5.74) is 18.4. The van der Waals surface area contributed by atoms with Gasteiger partial charge in [-0.05, 0) is 140 Å². The van der Waals surface area contributed by atoms with Crippen molar-refractivity contribution in [3.8, 4) is 0 Å². The highest BCUT2D eigenvalue weighted by Crippen LogP contribution is 2.52. The van der Waals surface area contributed by atoms with Crippen molar-refractivity contribution in [2.24, 2.45) is 0 Å². The number of furan rings is 1. The third kappa shape index (κ3) is 4.82. The summed E-state index contributed by atoms with van der Waals surface area (Å²) < 4.78 is 7.19. The van der Waals surface area contributed by atoms with Gasteiger partial charge in [0.15, 0.2) is 0 Å². The van der Waals surface area contributed by atoms with E-state index in [-0.39, 0.29) is 39.2 Å². The van der Waals surface area contributed by atoms with E-state index in [0.717, 1.165) is 22.8 Å². The highest BCUT2D eigenvalue weighted by Gasteiger charge is 2.52. The lowest BCUT2D eigenvalue weighted by Crippen LogP contribution is -2.64. The fraction of sp³-hybridized carbons (Fsp3) is 0.490. The molecule has 0 amide bonds. The van der Waals surface area contributed by atoms with Crippen molar-refractivity contribution in [1.29, 1.82) is 0 Å². The minimum absolute atomic E-state index is 0.0385. The van der Waals surface area contributed by atoms with Crippen molar-refractivity contribution >= 4 is 51.5 Å². The summed E-state index contributed by atoms with van der Waals surface area (Å²) in [6, 6.07) is 21.8. The molecule has 0 bridgehead atoms. The molecule has 2 aromatic heterocycles. The van der Waals surface area contributed by atoms with Crippen LogP contribution in [0.25, 0.3) is 11.0 Å². The minimum atomic E-state index is -0.286. The molecule has 3 aromatic carbocycles. The van der Waals surface area contributed by atoms with Crippen molar-refractivity contribution in [2.75, 3.05) is 4.90 Å². The number of benzene rings is 3. The third-order valence-corrected chi connectivity index (χ3v) is 14.5. The maximum atomic E-state index is 7.19. The topological polar surface area (TPSA) is 29.3 Å². The Kier molecular flexibility index (Phi) is 6.92. The normalized spacial score (nSPS) is 21.0. The van der Waals surface area contributed by atoms with Crippen molar-refractivity contribution < 1.29 is 4.42 Å². The van der Waals surface area contributed by atoms with E-state index in [1.54, 1.807) is 0 Å². The van der Waals surface area contributed by atoms with Crippen LogP contribution >= 0.6 is 0 Å². The van der Waals surface area contributed by atoms with Gasteiger partial charge in [0, 0.05) is 33.4 Å². The van der Waals surface area contributed by atoms with E-state index in [1.165, 1.54) is 92.3 Å². The van der Waals surface area contributed by atoms with Gasteiger partial charge in [0.1, 0.15) is 11.4 Å². The Balaban J connectivity index is 1.40. The van der Waals surface area contributed by atoms with Crippen LogP contribution in [0.2, 0.25) is 0 Å². The number of hydrogen-bond acceptors (Lipinski definition) is 3. The highest BCUT2D eigenvalue weighted by atomic mass is 16.3. The lowest BCUT2D eigenvalue weighted by molar-refractivity contribution is 0.332. The average molecular weight is 703 g/mol. The molecule has 0 radical (unpaired) electrons. The highest BCUT2D eigenvalue weighted by molar-refractivity contribution is 6.98. The molecule has 0 unspecified atom stereocenters. The van der Waals surface area contributed by atoms with Gasteiger partial charge in [-0.3, -0.25) is 4.90 Å². The molecule has 53 heavy (non-hydrogen) atoms. The summed E-state index contributed by atoms with van der Waals surface area (Å²) >= 11 is 0. The second kappa shape index (κ2) is 10.5. The fourth-order valence-corrected chi connectivity index (χ4v) is 10.8. The molecular formula is C49H59BN2O. The van der Waals surface area contributed by atoms with Crippen LogP contribution in [-0.4, -0.2) is 11.7 Å². The van der Waals surface area contributed by atoms with Gasteiger partial charge >= 0.3 is 0 Å². The van der Waals surface area contributed by atoms with E-state index >= 15 is 0 Å². The summed E-state index contributed by atoms with van der Waals surface area (Å²) in [6.45, 7) is 33.4. The fourth-order valence-electron chi connectivity index (χ4n) is 10.8. The Morgan fingerprint density at radius 3 is 1.87 bits per heavy atom. The number of aromatic nitrogens is 1. The molecule has 0 atom stereocenters. The summed E-state index contributed by atoms with van der Waals surface area (Å²) in [5, 5.41) is 1.25. The lowest BCUT2D eigenvalue weighted by Gasteiger charge is -2.47. The first-order chi connectivity index (χ1) is 24.5. The monoisotopic (exact) mass is 702 g/mol. The molecule has 0 saturated carbocycles. The van der Waals surface area contributed by atoms with Crippen molar-refractivity contribution in [3.63, 3.8) is 0 Å². The van der Waals surface area contributed by atoms with Crippen LogP contribution in [0.3, 0.4) is 0 Å². The first-order valence-corrected chi connectivity index (χ1v) is 20.3. The van der Waals surface area contributed by atoms with Crippen molar-refractivity contribution in [2.45, 2.75) is 155 Å². The molecule has 9 rings (SSSR count). The van der Waals surface area contributed by atoms with Gasteiger partial charge in [-0.1, -0.05) is 108 Å². The van der Waals surface area contributed by atoms with Gasteiger partial charge in [-0.25, -0.2) is 4.98 Å². The molecule has 4 heterocycles. The zero-order chi connectivity index (χ0) is 38.0. The molecule has 3 nitrogen and oxygen atoms in total. The Morgan fingerprint density at radius 1 is 0.660 bits per heavy atom. The first-order valence-electron chi connectivity index (χ1n) is 20.3. The maximum absolute atomic E-state index is 7.19. The quantitative estimate of drug-likeness (QED) is 0.160. The SMILES string of the molecule is Cc1cc2c3c(n1)N(c1ccc4c(c1)C(C)(C)CCC4(C)C)c1cc4c(cc1B3c1oc3ccc(C(C)(C)C)cc3c1C2(C)C)C(C)(C)CCC4(C)C. The van der Waals surface area contributed by atoms with Crippen LogP contribution < -0.4 is 21.5 Å². The predicted octanol–water partition coefficient (Wildman–Crippen LogP) is 11.1. The molecule has 0 N–H and O–H groups in total. The number of hydrogen-bond donors (Lipinski definition) is 0. The smallest absolute Gasteiger partial charge is 0.294 e. The van der Waals surface area contributed by atoms with Crippen LogP contribution in [0.15, 0.2) is 59.0 Å². The second-order valence-electron chi connectivity index (χ2n) is 21.5. The first kappa shape index (κ1) is 34.9. The summed E-state index contributed by atoms with van der Waals surface area (Å²) in [7, 11) is 0. The Morgan fingerprint density at radius 2 is 1.25 bits per heavy atom. The largest absolute Gasteiger partial charge is 0.470 e. The summed E-state index contributed by atoms with van der Waals surface area (Å²) in [5.74, 6) is 1.06. The molecule has 2 aliphatic heterocycles. The van der Waals surface area contributed by atoms with Crippen molar-refractivity contribution in [3.05, 3.63) is 99.2 Å². The van der Waals surface area contributed by atoms with E-state index in [4.69, 9.17) is 9.40 Å². The standard InChI is InChI=1S/C49H59BN2O/c1-28-23-36-41-43(51-28)52(30-16-17-32-33(25-30)46(7,8)20-19-45(32,5)6)38-27-35-34(47(9,10)21-22-48(35,11)12)26-37(38)50(41)42-40(49(36,13)14)31-24-29(44(2,3)4)15-18-39(31)53-42/h15-18,23-27H,19-22H2,1-14H3. The molecule has 0 saturated heterocycles. The van der Waals surface area contributed by atoms with E-state index in [2.05, 4.69) is 156 Å². The van der Waals surface area contributed by atoms with Gasteiger partial charge in [-0.15, -0.1) is 0 Å². The summed E-state index contributed by atoms with van der Waals surface area (Å²) in [4.78, 5) is 8.09. The molecule has 0 fully saturated rings. The molecule has 274 valence electrons. The van der Waals surface area contributed by atoms with Crippen LogP contribution in [0.4, 0.5) is 17.2 Å². The molecule has 4 heteroatoms. The predicted molar refractivity (Wildman–Crippen MR) is 226 cm³/mol. The molecule has 4 aliphatic rings. The van der Waals surface area contributed by atoms with Crippen LogP contribution in [0.1, 0.15) is 160 Å². The van der Waals surface area contributed by atoms with Crippen LogP contribution in [0, 0.1) is 6.92 Å².